The summed E-state index contributed by atoms with van der Waals surface area (Å²) in [6.07, 6.45) is 0. The van der Waals surface area contributed by atoms with E-state index < -0.39 is 24.3 Å². The van der Waals surface area contributed by atoms with E-state index in [2.05, 4.69) is 21.2 Å². The van der Waals surface area contributed by atoms with Gasteiger partial charge in [0.15, 0.2) is 6.61 Å². The van der Waals surface area contributed by atoms with Gasteiger partial charge in [-0.1, -0.05) is 15.9 Å². The summed E-state index contributed by atoms with van der Waals surface area (Å²) in [5.74, 6) is -1.31. The van der Waals surface area contributed by atoms with Gasteiger partial charge in [0.1, 0.15) is 17.3 Å². The first kappa shape index (κ1) is 18.7. The molecule has 0 aliphatic rings. The predicted molar refractivity (Wildman–Crippen MR) is 92.6 cm³/mol. The topological polar surface area (TPSA) is 73.9 Å². The summed E-state index contributed by atoms with van der Waals surface area (Å²) < 4.78 is 29.2. The van der Waals surface area contributed by atoms with Gasteiger partial charge in [-0.15, -0.1) is 0 Å². The molecule has 0 radical (unpaired) electrons. The van der Waals surface area contributed by atoms with Crippen molar-refractivity contribution >= 4 is 33.5 Å². The Kier molecular flexibility index (Phi) is 6.35. The highest BCUT2D eigenvalue weighted by Gasteiger charge is 2.16. The Morgan fingerprint density at radius 2 is 1.88 bits per heavy atom. The molecule has 0 spiro atoms. The maximum absolute atomic E-state index is 13.7. The molecule has 2 aromatic rings. The number of nitrogens with one attached hydrogen (secondary N) is 1. The van der Waals surface area contributed by atoms with Gasteiger partial charge >= 0.3 is 5.97 Å². The molecule has 8 heteroatoms. The van der Waals surface area contributed by atoms with Crippen molar-refractivity contribution in [1.29, 1.82) is 0 Å². The third-order valence-corrected chi connectivity index (χ3v) is 3.66. The van der Waals surface area contributed by atoms with E-state index in [9.17, 15) is 14.0 Å². The summed E-state index contributed by atoms with van der Waals surface area (Å²) in [5, 5.41) is 2.55. The highest BCUT2D eigenvalue weighted by molar-refractivity contribution is 9.10. The number of hydrogen-bond acceptors (Lipinski definition) is 5. The van der Waals surface area contributed by atoms with Crippen molar-refractivity contribution in [1.82, 2.24) is 0 Å². The highest BCUT2D eigenvalue weighted by Crippen LogP contribution is 2.28. The van der Waals surface area contributed by atoms with Gasteiger partial charge < -0.3 is 19.5 Å². The molecule has 1 N–H and O–H groups in total. The number of rotatable bonds is 6. The fraction of sp³-hybridized carbons (Fsp3) is 0.176. The Balaban J connectivity index is 1.98. The summed E-state index contributed by atoms with van der Waals surface area (Å²) in [7, 11) is 2.95. The van der Waals surface area contributed by atoms with Crippen LogP contribution in [-0.4, -0.2) is 32.7 Å². The zero-order valence-electron chi connectivity index (χ0n) is 13.5. The number of amides is 1. The Morgan fingerprint density at radius 1 is 1.12 bits per heavy atom. The molecule has 0 unspecified atom stereocenters. The van der Waals surface area contributed by atoms with Crippen LogP contribution < -0.4 is 14.8 Å². The second-order valence-electron chi connectivity index (χ2n) is 4.81. The monoisotopic (exact) mass is 411 g/mol. The Labute approximate surface area is 152 Å². The first-order chi connectivity index (χ1) is 11.9. The average molecular weight is 412 g/mol. The Morgan fingerprint density at radius 3 is 2.52 bits per heavy atom. The first-order valence-corrected chi connectivity index (χ1v) is 7.88. The number of ether oxygens (including phenoxy) is 3. The van der Waals surface area contributed by atoms with Crippen LogP contribution in [0.25, 0.3) is 0 Å². The zero-order chi connectivity index (χ0) is 18.4. The fourth-order valence-corrected chi connectivity index (χ4v) is 2.29. The molecular weight excluding hydrogens is 397 g/mol. The number of methoxy groups -OCH3 is 2. The fourth-order valence-electron chi connectivity index (χ4n) is 1.95. The van der Waals surface area contributed by atoms with Crippen LogP contribution in [0, 0.1) is 5.82 Å². The van der Waals surface area contributed by atoms with Gasteiger partial charge in [-0.3, -0.25) is 4.79 Å². The lowest BCUT2D eigenvalue weighted by Gasteiger charge is -2.12. The van der Waals surface area contributed by atoms with Crippen molar-refractivity contribution in [2.45, 2.75) is 0 Å². The van der Waals surface area contributed by atoms with E-state index in [1.54, 1.807) is 18.2 Å². The molecule has 0 aliphatic heterocycles. The molecule has 0 saturated carbocycles. The zero-order valence-corrected chi connectivity index (χ0v) is 15.1. The first-order valence-electron chi connectivity index (χ1n) is 7.08. The van der Waals surface area contributed by atoms with Gasteiger partial charge in [-0.2, -0.15) is 0 Å². The van der Waals surface area contributed by atoms with E-state index >= 15 is 0 Å². The molecule has 0 atom stereocenters. The van der Waals surface area contributed by atoms with E-state index in [1.807, 2.05) is 0 Å². The predicted octanol–water partition coefficient (Wildman–Crippen LogP) is 3.40. The van der Waals surface area contributed by atoms with Crippen molar-refractivity contribution in [2.75, 3.05) is 26.1 Å². The van der Waals surface area contributed by atoms with Gasteiger partial charge in [-0.25, -0.2) is 9.18 Å². The summed E-state index contributed by atoms with van der Waals surface area (Å²) in [5.41, 5.74) is 0.136. The van der Waals surface area contributed by atoms with Crippen molar-refractivity contribution < 1.29 is 28.2 Å². The number of carbonyl (C=O) groups is 2. The lowest BCUT2D eigenvalue weighted by Crippen LogP contribution is -2.21. The largest absolute Gasteiger partial charge is 0.497 e. The number of esters is 1. The Bertz CT molecular complexity index is 797. The molecule has 1 amide bonds. The number of carbonyl (C=O) groups excluding carboxylic acids is 2. The van der Waals surface area contributed by atoms with E-state index in [0.717, 1.165) is 6.07 Å². The average Bonchev–Trinajstić information content (AvgIpc) is 2.60. The summed E-state index contributed by atoms with van der Waals surface area (Å²) in [4.78, 5) is 23.8. The lowest BCUT2D eigenvalue weighted by molar-refractivity contribution is -0.119. The number of benzene rings is 2. The molecule has 132 valence electrons. The standard InChI is InChI=1S/C17H15BrFNO5/c1-23-11-4-6-14(15(8-11)24-2)20-16(21)9-25-17(22)12-5-3-10(18)7-13(12)19/h3-8H,9H2,1-2H3,(H,20,21). The molecule has 0 aromatic heterocycles. The number of anilines is 1. The summed E-state index contributed by atoms with van der Waals surface area (Å²) in [6, 6.07) is 8.74. The maximum Gasteiger partial charge on any atom is 0.341 e. The second kappa shape index (κ2) is 8.48. The van der Waals surface area contributed by atoms with Crippen molar-refractivity contribution in [3.05, 3.63) is 52.3 Å². The molecule has 6 nitrogen and oxygen atoms in total. The van der Waals surface area contributed by atoms with Crippen LogP contribution in [0.15, 0.2) is 40.9 Å². The quantitative estimate of drug-likeness (QED) is 0.737. The van der Waals surface area contributed by atoms with E-state index in [-0.39, 0.29) is 5.56 Å². The normalized spacial score (nSPS) is 10.1. The Hall–Kier alpha value is -2.61. The molecule has 2 aromatic carbocycles. The molecule has 0 saturated heterocycles. The maximum atomic E-state index is 13.7. The number of hydrogen-bond donors (Lipinski definition) is 1. The van der Waals surface area contributed by atoms with Crippen LogP contribution in [0.1, 0.15) is 10.4 Å². The van der Waals surface area contributed by atoms with Crippen molar-refractivity contribution in [3.63, 3.8) is 0 Å². The third-order valence-electron chi connectivity index (χ3n) is 3.17. The van der Waals surface area contributed by atoms with Crippen LogP contribution in [0.5, 0.6) is 11.5 Å². The highest BCUT2D eigenvalue weighted by atomic mass is 79.9. The van der Waals surface area contributed by atoms with Crippen molar-refractivity contribution in [2.24, 2.45) is 0 Å². The van der Waals surface area contributed by atoms with Crippen LogP contribution in [0.4, 0.5) is 10.1 Å². The molecule has 0 aliphatic carbocycles. The van der Waals surface area contributed by atoms with Crippen molar-refractivity contribution in [3.8, 4) is 11.5 Å². The second-order valence-corrected chi connectivity index (χ2v) is 5.73. The summed E-state index contributed by atoms with van der Waals surface area (Å²) >= 11 is 3.09. The summed E-state index contributed by atoms with van der Waals surface area (Å²) in [6.45, 7) is -0.566. The van der Waals surface area contributed by atoms with Crippen LogP contribution in [-0.2, 0) is 9.53 Å². The van der Waals surface area contributed by atoms with Crippen LogP contribution in [0.3, 0.4) is 0 Å². The van der Waals surface area contributed by atoms with Gasteiger partial charge in [0.2, 0.25) is 0 Å². The molecule has 0 bridgehead atoms. The lowest BCUT2D eigenvalue weighted by atomic mass is 10.2. The molecular formula is C17H15BrFNO5. The van der Waals surface area contributed by atoms with E-state index in [1.165, 1.54) is 26.4 Å². The van der Waals surface area contributed by atoms with Gasteiger partial charge in [0, 0.05) is 10.5 Å². The minimum absolute atomic E-state index is 0.252. The number of halogens is 2. The SMILES string of the molecule is COc1ccc(NC(=O)COC(=O)c2ccc(Br)cc2F)c(OC)c1. The van der Waals surface area contributed by atoms with Gasteiger partial charge in [-0.05, 0) is 30.3 Å². The molecule has 2 rings (SSSR count). The minimum atomic E-state index is -0.929. The molecule has 0 heterocycles. The van der Waals surface area contributed by atoms with E-state index in [4.69, 9.17) is 14.2 Å². The van der Waals surface area contributed by atoms with Gasteiger partial charge in [0.05, 0.1) is 25.5 Å². The minimum Gasteiger partial charge on any atom is -0.497 e. The van der Waals surface area contributed by atoms with Crippen LogP contribution >= 0.6 is 15.9 Å². The van der Waals surface area contributed by atoms with Crippen LogP contribution in [0.2, 0.25) is 0 Å². The van der Waals surface area contributed by atoms with Gasteiger partial charge in [0.25, 0.3) is 5.91 Å². The molecule has 0 fully saturated rings. The molecule has 25 heavy (non-hydrogen) atoms. The van der Waals surface area contributed by atoms with E-state index in [0.29, 0.717) is 21.7 Å². The smallest absolute Gasteiger partial charge is 0.341 e. The third kappa shape index (κ3) is 4.93.